The number of fused-ring (bicyclic) bond motifs is 3. The fourth-order valence-electron chi connectivity index (χ4n) is 4.70. The van der Waals surface area contributed by atoms with Gasteiger partial charge < -0.3 is 14.8 Å². The molecule has 0 saturated heterocycles. The van der Waals surface area contributed by atoms with Gasteiger partial charge in [0.25, 0.3) is 0 Å². The van der Waals surface area contributed by atoms with Gasteiger partial charge in [-0.2, -0.15) is 0 Å². The summed E-state index contributed by atoms with van der Waals surface area (Å²) in [6, 6.07) is 21.7. The van der Waals surface area contributed by atoms with Crippen LogP contribution in [0.4, 0.5) is 0 Å². The van der Waals surface area contributed by atoms with Crippen LogP contribution in [0.5, 0.6) is 0 Å². The van der Waals surface area contributed by atoms with E-state index in [0.29, 0.717) is 0 Å². The standard InChI is InChI=1S/C28H36N4.ClH/c1-4-31(5-2)18-12-11-17-29-20-24-19-26-25-15-9-10-16-27(25)32(28(26)22(3)30-24)21-23-13-7-6-8-14-23;/h6-10,13-16,19,29H,4-5,11-12,17-18,20-21H2,1-3H3;1H. The smallest absolute Gasteiger partial charge is 0.0711 e. The Morgan fingerprint density at radius 3 is 2.39 bits per heavy atom. The lowest BCUT2D eigenvalue weighted by Crippen LogP contribution is -2.25. The van der Waals surface area contributed by atoms with Crippen LogP contribution in [0.15, 0.2) is 60.7 Å². The number of benzene rings is 2. The molecule has 1 N–H and O–H groups in total. The second kappa shape index (κ2) is 12.2. The molecule has 4 rings (SSSR count). The molecule has 4 nitrogen and oxygen atoms in total. The van der Waals surface area contributed by atoms with Gasteiger partial charge in [-0.1, -0.05) is 62.4 Å². The SMILES string of the molecule is CCN(CC)CCCCNCc1cc2c3ccccc3n(Cc3ccccc3)c2c(C)n1.Cl. The lowest BCUT2D eigenvalue weighted by Gasteiger charge is -2.17. The fourth-order valence-corrected chi connectivity index (χ4v) is 4.70. The topological polar surface area (TPSA) is 33.1 Å². The molecule has 0 bridgehead atoms. The van der Waals surface area contributed by atoms with Crippen molar-refractivity contribution in [3.63, 3.8) is 0 Å². The van der Waals surface area contributed by atoms with E-state index in [1.54, 1.807) is 0 Å². The summed E-state index contributed by atoms with van der Waals surface area (Å²) in [7, 11) is 0. The summed E-state index contributed by atoms with van der Waals surface area (Å²) < 4.78 is 2.42. The highest BCUT2D eigenvalue weighted by molar-refractivity contribution is 6.08. The van der Waals surface area contributed by atoms with Crippen molar-refractivity contribution in [2.75, 3.05) is 26.2 Å². The van der Waals surface area contributed by atoms with Gasteiger partial charge in [-0.05, 0) is 63.6 Å². The average Bonchev–Trinajstić information content (AvgIpc) is 3.13. The van der Waals surface area contributed by atoms with Gasteiger partial charge >= 0.3 is 0 Å². The molecule has 2 heterocycles. The number of rotatable bonds is 11. The van der Waals surface area contributed by atoms with Crippen LogP contribution in [0, 0.1) is 6.92 Å². The van der Waals surface area contributed by atoms with Crippen molar-refractivity contribution in [2.24, 2.45) is 0 Å². The van der Waals surface area contributed by atoms with E-state index < -0.39 is 0 Å². The van der Waals surface area contributed by atoms with Gasteiger partial charge in [0, 0.05) is 29.4 Å². The molecule has 5 heteroatoms. The highest BCUT2D eigenvalue weighted by Gasteiger charge is 2.15. The van der Waals surface area contributed by atoms with Gasteiger partial charge in [0.05, 0.1) is 16.9 Å². The number of hydrogen-bond acceptors (Lipinski definition) is 3. The lowest BCUT2D eigenvalue weighted by atomic mass is 10.1. The second-order valence-electron chi connectivity index (χ2n) is 8.59. The maximum atomic E-state index is 4.98. The van der Waals surface area contributed by atoms with E-state index in [9.17, 15) is 0 Å². The Morgan fingerprint density at radius 1 is 0.909 bits per heavy atom. The molecule has 0 aliphatic carbocycles. The number of nitrogens with zero attached hydrogens (tertiary/aromatic N) is 3. The van der Waals surface area contributed by atoms with Crippen LogP contribution in [0.2, 0.25) is 0 Å². The predicted octanol–water partition coefficient (Wildman–Crippen LogP) is 6.18. The van der Waals surface area contributed by atoms with E-state index in [1.165, 1.54) is 46.8 Å². The van der Waals surface area contributed by atoms with E-state index in [0.717, 1.165) is 44.1 Å². The number of hydrogen-bond donors (Lipinski definition) is 1. The third-order valence-corrected chi connectivity index (χ3v) is 6.44. The van der Waals surface area contributed by atoms with Crippen LogP contribution < -0.4 is 5.32 Å². The number of aromatic nitrogens is 2. The van der Waals surface area contributed by atoms with Gasteiger partial charge in [-0.25, -0.2) is 0 Å². The summed E-state index contributed by atoms with van der Waals surface area (Å²) in [5, 5.41) is 6.23. The molecule has 4 aromatic rings. The minimum absolute atomic E-state index is 0. The molecule has 0 radical (unpaired) electrons. The fraction of sp³-hybridized carbons (Fsp3) is 0.393. The zero-order valence-corrected chi connectivity index (χ0v) is 21.0. The maximum absolute atomic E-state index is 4.98. The van der Waals surface area contributed by atoms with Crippen LogP contribution in [0.3, 0.4) is 0 Å². The molecule has 0 aliphatic heterocycles. The van der Waals surface area contributed by atoms with Crippen molar-refractivity contribution in [3.05, 3.63) is 77.6 Å². The first kappa shape index (κ1) is 25.2. The summed E-state index contributed by atoms with van der Waals surface area (Å²) in [6.45, 7) is 12.8. The maximum Gasteiger partial charge on any atom is 0.0711 e. The van der Waals surface area contributed by atoms with E-state index in [1.807, 2.05) is 0 Å². The van der Waals surface area contributed by atoms with E-state index in [-0.39, 0.29) is 12.4 Å². The van der Waals surface area contributed by atoms with Gasteiger partial charge in [-0.3, -0.25) is 4.98 Å². The van der Waals surface area contributed by atoms with Crippen molar-refractivity contribution in [2.45, 2.75) is 46.7 Å². The van der Waals surface area contributed by atoms with Crippen molar-refractivity contribution in [1.29, 1.82) is 0 Å². The monoisotopic (exact) mass is 464 g/mol. The Balaban J connectivity index is 0.00000306. The number of halogens is 1. The van der Waals surface area contributed by atoms with Gasteiger partial charge in [-0.15, -0.1) is 12.4 Å². The summed E-state index contributed by atoms with van der Waals surface area (Å²) in [5.74, 6) is 0. The van der Waals surface area contributed by atoms with Crippen LogP contribution in [-0.4, -0.2) is 40.6 Å². The van der Waals surface area contributed by atoms with Crippen LogP contribution in [-0.2, 0) is 13.1 Å². The molecule has 33 heavy (non-hydrogen) atoms. The third kappa shape index (κ3) is 5.94. The molecule has 176 valence electrons. The van der Waals surface area contributed by atoms with Crippen LogP contribution >= 0.6 is 12.4 Å². The zero-order valence-electron chi connectivity index (χ0n) is 20.2. The summed E-state index contributed by atoms with van der Waals surface area (Å²) in [6.07, 6.45) is 2.45. The zero-order chi connectivity index (χ0) is 22.3. The van der Waals surface area contributed by atoms with E-state index >= 15 is 0 Å². The number of pyridine rings is 1. The molecular weight excluding hydrogens is 428 g/mol. The first-order chi connectivity index (χ1) is 15.7. The normalized spacial score (nSPS) is 11.4. The average molecular weight is 465 g/mol. The summed E-state index contributed by atoms with van der Waals surface area (Å²) in [5.41, 5.74) is 6.06. The van der Waals surface area contributed by atoms with Crippen molar-refractivity contribution in [3.8, 4) is 0 Å². The van der Waals surface area contributed by atoms with Gasteiger partial charge in [0.2, 0.25) is 0 Å². The Morgan fingerprint density at radius 2 is 1.64 bits per heavy atom. The predicted molar refractivity (Wildman–Crippen MR) is 143 cm³/mol. The summed E-state index contributed by atoms with van der Waals surface area (Å²) >= 11 is 0. The number of aryl methyl sites for hydroxylation is 1. The highest BCUT2D eigenvalue weighted by Crippen LogP contribution is 2.31. The molecular formula is C28H37ClN4. The van der Waals surface area contributed by atoms with Crippen LogP contribution in [0.25, 0.3) is 21.8 Å². The molecule has 2 aromatic carbocycles. The molecule has 0 atom stereocenters. The molecule has 0 fully saturated rings. The Bertz CT molecular complexity index is 1150. The number of unbranched alkanes of at least 4 members (excludes halogenated alkanes) is 1. The Labute approximate surface area is 204 Å². The molecule has 0 unspecified atom stereocenters. The molecule has 0 aliphatic rings. The molecule has 0 saturated carbocycles. The van der Waals surface area contributed by atoms with Crippen LogP contribution in [0.1, 0.15) is 43.6 Å². The first-order valence-corrected chi connectivity index (χ1v) is 12.1. The molecule has 0 spiro atoms. The van der Waals surface area contributed by atoms with Crippen molar-refractivity contribution in [1.82, 2.24) is 19.8 Å². The minimum Gasteiger partial charge on any atom is -0.334 e. The Kier molecular flexibility index (Phi) is 9.30. The Hall–Kier alpha value is -2.40. The number of para-hydroxylation sites is 1. The molecule has 0 amide bonds. The third-order valence-electron chi connectivity index (χ3n) is 6.44. The van der Waals surface area contributed by atoms with Gasteiger partial charge in [0.15, 0.2) is 0 Å². The lowest BCUT2D eigenvalue weighted by molar-refractivity contribution is 0.296. The van der Waals surface area contributed by atoms with Gasteiger partial charge in [0.1, 0.15) is 0 Å². The highest BCUT2D eigenvalue weighted by atomic mass is 35.5. The van der Waals surface area contributed by atoms with Crippen molar-refractivity contribution < 1.29 is 0 Å². The number of nitrogens with one attached hydrogen (secondary N) is 1. The van der Waals surface area contributed by atoms with E-state index in [4.69, 9.17) is 4.98 Å². The first-order valence-electron chi connectivity index (χ1n) is 12.1. The second-order valence-corrected chi connectivity index (χ2v) is 8.59. The van der Waals surface area contributed by atoms with E-state index in [2.05, 4.69) is 96.2 Å². The largest absolute Gasteiger partial charge is 0.334 e. The summed E-state index contributed by atoms with van der Waals surface area (Å²) in [4.78, 5) is 7.47. The quantitative estimate of drug-likeness (QED) is 0.269. The molecule has 2 aromatic heterocycles. The van der Waals surface area contributed by atoms with Crippen molar-refractivity contribution >= 4 is 34.2 Å². The minimum atomic E-state index is 0.